The van der Waals surface area contributed by atoms with Crippen LogP contribution >= 0.6 is 0 Å². The van der Waals surface area contributed by atoms with Crippen molar-refractivity contribution in [3.8, 4) is 0 Å². The van der Waals surface area contributed by atoms with Gasteiger partial charge in [0.2, 0.25) is 9.04 Å². The van der Waals surface area contributed by atoms with E-state index in [9.17, 15) is 9.59 Å². The molecule has 1 rings (SSSR count). The van der Waals surface area contributed by atoms with Gasteiger partial charge in [-0.3, -0.25) is 0 Å². The van der Waals surface area contributed by atoms with Crippen molar-refractivity contribution in [1.82, 2.24) is 0 Å². The highest BCUT2D eigenvalue weighted by Crippen LogP contribution is 2.09. The van der Waals surface area contributed by atoms with Crippen molar-refractivity contribution in [3.63, 3.8) is 0 Å². The molecule has 22 heavy (non-hydrogen) atoms. The van der Waals surface area contributed by atoms with Gasteiger partial charge in [-0.25, -0.2) is 9.59 Å². The third-order valence-corrected chi connectivity index (χ3v) is 5.88. The molecule has 7 heteroatoms. The monoisotopic (exact) mass is 322 g/mol. The van der Waals surface area contributed by atoms with Crippen molar-refractivity contribution in [2.24, 2.45) is 10.2 Å². The molecular formula is C15H22N2O4Si. The van der Waals surface area contributed by atoms with E-state index < -0.39 is 21.2 Å². The van der Waals surface area contributed by atoms with Crippen molar-refractivity contribution >= 4 is 21.2 Å². The maximum absolute atomic E-state index is 11.5. The number of hydrogen-bond donors (Lipinski definition) is 0. The van der Waals surface area contributed by atoms with Gasteiger partial charge in [-0.1, -0.05) is 67.2 Å². The van der Waals surface area contributed by atoms with Crippen LogP contribution in [0.3, 0.4) is 0 Å². The largest absolute Gasteiger partial charge is 0.504 e. The Hall–Kier alpha value is -2.02. The quantitative estimate of drug-likeness (QED) is 0.548. The van der Waals surface area contributed by atoms with Gasteiger partial charge in [-0.2, -0.15) is 0 Å². The highest BCUT2D eigenvalue weighted by atomic mass is 28.3. The van der Waals surface area contributed by atoms with Gasteiger partial charge < -0.3 is 9.16 Å². The molecule has 0 saturated heterocycles. The Labute approximate surface area is 132 Å². The van der Waals surface area contributed by atoms with Gasteiger partial charge in [0.05, 0.1) is 0 Å². The molecule has 0 fully saturated rings. The SMILES string of the molecule is CCC[SiH](CCC)OC(=O)N=NC(=O)OCc1ccccc1. The van der Waals surface area contributed by atoms with Crippen LogP contribution in [0.1, 0.15) is 32.3 Å². The Morgan fingerprint density at radius 3 is 2.18 bits per heavy atom. The van der Waals surface area contributed by atoms with Gasteiger partial charge in [0.15, 0.2) is 0 Å². The summed E-state index contributed by atoms with van der Waals surface area (Å²) in [6, 6.07) is 11.0. The van der Waals surface area contributed by atoms with Gasteiger partial charge in [-0.05, 0) is 17.7 Å². The number of carbonyl (C=O) groups excluding carboxylic acids is 2. The molecule has 0 spiro atoms. The molecule has 6 nitrogen and oxygen atoms in total. The average molecular weight is 322 g/mol. The molecule has 0 saturated carbocycles. The number of carbonyl (C=O) groups is 2. The van der Waals surface area contributed by atoms with Gasteiger partial charge in [0.1, 0.15) is 6.61 Å². The van der Waals surface area contributed by atoms with Crippen molar-refractivity contribution in [2.75, 3.05) is 0 Å². The topological polar surface area (TPSA) is 77.3 Å². The molecule has 0 radical (unpaired) electrons. The third-order valence-electron chi connectivity index (χ3n) is 2.91. The summed E-state index contributed by atoms with van der Waals surface area (Å²) in [7, 11) is -1.58. The van der Waals surface area contributed by atoms with Gasteiger partial charge in [-0.15, -0.1) is 0 Å². The fourth-order valence-corrected chi connectivity index (χ4v) is 4.05. The lowest BCUT2D eigenvalue weighted by atomic mass is 10.2. The Kier molecular flexibility index (Phi) is 8.74. The first kappa shape index (κ1) is 18.0. The standard InChI is InChI=1S/C15H22N2O4Si/c1-3-10-22(11-4-2)21-15(19)17-16-14(18)20-12-13-8-6-5-7-9-13/h5-9,22H,3-4,10-12H2,1-2H3. The lowest BCUT2D eigenvalue weighted by Gasteiger charge is -2.11. The maximum Gasteiger partial charge on any atom is 0.452 e. The molecule has 0 aliphatic carbocycles. The summed E-state index contributed by atoms with van der Waals surface area (Å²) in [5.41, 5.74) is 0.840. The zero-order chi connectivity index (χ0) is 16.2. The van der Waals surface area contributed by atoms with E-state index >= 15 is 0 Å². The van der Waals surface area contributed by atoms with E-state index in [1.54, 1.807) is 0 Å². The predicted molar refractivity (Wildman–Crippen MR) is 85.3 cm³/mol. The van der Waals surface area contributed by atoms with E-state index in [2.05, 4.69) is 10.2 Å². The highest BCUT2D eigenvalue weighted by Gasteiger charge is 2.15. The van der Waals surface area contributed by atoms with E-state index in [1.165, 1.54) is 0 Å². The van der Waals surface area contributed by atoms with Crippen LogP contribution in [0.4, 0.5) is 9.59 Å². The van der Waals surface area contributed by atoms with Crippen LogP contribution in [-0.2, 0) is 15.8 Å². The summed E-state index contributed by atoms with van der Waals surface area (Å²) < 4.78 is 10.2. The maximum atomic E-state index is 11.5. The van der Waals surface area contributed by atoms with Crippen molar-refractivity contribution in [1.29, 1.82) is 0 Å². The number of azo groups is 1. The van der Waals surface area contributed by atoms with Crippen LogP contribution in [0, 0.1) is 0 Å². The zero-order valence-corrected chi connectivity index (χ0v) is 14.2. The smallest absolute Gasteiger partial charge is 0.452 e. The molecule has 1 aromatic rings. The van der Waals surface area contributed by atoms with Crippen LogP contribution in [0.15, 0.2) is 40.6 Å². The normalized spacial score (nSPS) is 10.9. The molecule has 1 aromatic carbocycles. The molecule has 0 unspecified atom stereocenters. The van der Waals surface area contributed by atoms with Crippen molar-refractivity contribution < 1.29 is 18.8 Å². The lowest BCUT2D eigenvalue weighted by molar-refractivity contribution is 0.148. The van der Waals surface area contributed by atoms with Gasteiger partial charge >= 0.3 is 12.2 Å². The van der Waals surface area contributed by atoms with Crippen molar-refractivity contribution in [3.05, 3.63) is 35.9 Å². The number of benzene rings is 1. The summed E-state index contributed by atoms with van der Waals surface area (Å²) in [4.78, 5) is 22.9. The average Bonchev–Trinajstić information content (AvgIpc) is 2.52. The third kappa shape index (κ3) is 7.68. The van der Waals surface area contributed by atoms with Crippen molar-refractivity contribution in [2.45, 2.75) is 45.4 Å². The first-order valence-electron chi connectivity index (χ1n) is 7.48. The molecule has 0 aliphatic heterocycles. The Bertz CT molecular complexity index is 488. The highest BCUT2D eigenvalue weighted by molar-refractivity contribution is 6.53. The van der Waals surface area contributed by atoms with Crippen LogP contribution in [0.2, 0.25) is 12.1 Å². The molecule has 0 aromatic heterocycles. The first-order valence-corrected chi connectivity index (χ1v) is 9.59. The summed E-state index contributed by atoms with van der Waals surface area (Å²) in [5, 5.41) is 6.49. The number of amides is 2. The minimum Gasteiger partial charge on any atom is -0.504 e. The molecule has 2 amide bonds. The molecule has 0 heterocycles. The Morgan fingerprint density at radius 2 is 1.59 bits per heavy atom. The van der Waals surface area contributed by atoms with Crippen LogP contribution in [-0.4, -0.2) is 21.2 Å². The first-order chi connectivity index (χ1) is 10.7. The second kappa shape index (κ2) is 10.7. The number of rotatable bonds is 7. The summed E-state index contributed by atoms with van der Waals surface area (Å²) in [6.07, 6.45) is 0.251. The minimum atomic E-state index is -1.58. The molecular weight excluding hydrogens is 300 g/mol. The molecule has 120 valence electrons. The van der Waals surface area contributed by atoms with E-state index in [-0.39, 0.29) is 6.61 Å². The fraction of sp³-hybridized carbons (Fsp3) is 0.467. The predicted octanol–water partition coefficient (Wildman–Crippen LogP) is 4.46. The number of ether oxygens (including phenoxy) is 1. The lowest BCUT2D eigenvalue weighted by Crippen LogP contribution is -2.20. The van der Waals surface area contributed by atoms with E-state index in [1.807, 2.05) is 44.2 Å². The minimum absolute atomic E-state index is 0.0940. The summed E-state index contributed by atoms with van der Waals surface area (Å²) >= 11 is 0. The number of nitrogens with zero attached hydrogens (tertiary/aromatic N) is 2. The summed E-state index contributed by atoms with van der Waals surface area (Å²) in [5.74, 6) is 0. The van der Waals surface area contributed by atoms with Crippen LogP contribution < -0.4 is 0 Å². The second-order valence-corrected chi connectivity index (χ2v) is 7.46. The van der Waals surface area contributed by atoms with Crippen LogP contribution in [0.5, 0.6) is 0 Å². The number of hydrogen-bond acceptors (Lipinski definition) is 4. The second-order valence-electron chi connectivity index (χ2n) is 4.82. The van der Waals surface area contributed by atoms with Gasteiger partial charge in [0, 0.05) is 0 Å². The van der Waals surface area contributed by atoms with Gasteiger partial charge in [0.25, 0.3) is 0 Å². The molecule has 0 aliphatic rings. The summed E-state index contributed by atoms with van der Waals surface area (Å²) in [6.45, 7) is 4.19. The molecule has 0 atom stereocenters. The Balaban J connectivity index is 2.35. The molecule has 0 N–H and O–H groups in total. The van der Waals surface area contributed by atoms with Crippen LogP contribution in [0.25, 0.3) is 0 Å². The van der Waals surface area contributed by atoms with E-state index in [0.29, 0.717) is 0 Å². The molecule has 0 bridgehead atoms. The zero-order valence-electron chi connectivity index (χ0n) is 13.0. The van der Waals surface area contributed by atoms with E-state index in [4.69, 9.17) is 9.16 Å². The Morgan fingerprint density at radius 1 is 1.00 bits per heavy atom. The van der Waals surface area contributed by atoms with E-state index in [0.717, 1.165) is 30.5 Å². The fourth-order valence-electron chi connectivity index (χ4n) is 1.90.